The van der Waals surface area contributed by atoms with Crippen LogP contribution in [0.2, 0.25) is 0 Å². The number of carbonyl (C=O) groups is 1. The maximum Gasteiger partial charge on any atom is 0.251 e. The Morgan fingerprint density at radius 3 is 2.54 bits per heavy atom. The van der Waals surface area contributed by atoms with Gasteiger partial charge in [-0.2, -0.15) is 0 Å². The monoisotopic (exact) mass is 349 g/mol. The van der Waals surface area contributed by atoms with Crippen LogP contribution < -0.4 is 10.1 Å². The quantitative estimate of drug-likeness (QED) is 0.877. The van der Waals surface area contributed by atoms with Crippen molar-refractivity contribution in [3.05, 3.63) is 65.2 Å². The van der Waals surface area contributed by atoms with E-state index in [1.165, 1.54) is 11.1 Å². The van der Waals surface area contributed by atoms with Gasteiger partial charge in [-0.3, -0.25) is 4.79 Å². The minimum atomic E-state index is 0.0346. The van der Waals surface area contributed by atoms with E-state index in [0.29, 0.717) is 5.92 Å². The molecule has 136 valence electrons. The van der Waals surface area contributed by atoms with Gasteiger partial charge < -0.3 is 10.1 Å². The molecule has 0 bridgehead atoms. The molecule has 1 fully saturated rings. The molecule has 2 aromatic carbocycles. The molecule has 0 saturated heterocycles. The van der Waals surface area contributed by atoms with E-state index in [0.717, 1.165) is 43.6 Å². The van der Waals surface area contributed by atoms with Crippen LogP contribution in [0.15, 0.2) is 48.5 Å². The summed E-state index contributed by atoms with van der Waals surface area (Å²) in [6.07, 6.45) is 4.54. The number of para-hydroxylation sites is 1. The lowest BCUT2D eigenvalue weighted by Crippen LogP contribution is -2.42. The third-order valence-electron chi connectivity index (χ3n) is 6.33. The van der Waals surface area contributed by atoms with Crippen molar-refractivity contribution in [1.82, 2.24) is 5.32 Å². The zero-order valence-electron chi connectivity index (χ0n) is 15.6. The standard InChI is InChI=1S/C23H27NO2/c1-16-7-9-19(10-8-16)22(25)24-17(2)18-11-13-23(14-12-18)15-26-21-6-4-3-5-20(21)23/h3-10,17-18H,11-15H2,1-2H3,(H,24,25)/t17-,18?,23?/m1/s1. The van der Waals surface area contributed by atoms with Gasteiger partial charge in [-0.15, -0.1) is 0 Å². The number of fused-ring (bicyclic) bond motifs is 2. The Hall–Kier alpha value is -2.29. The predicted molar refractivity (Wildman–Crippen MR) is 104 cm³/mol. The highest BCUT2D eigenvalue weighted by atomic mass is 16.5. The van der Waals surface area contributed by atoms with Crippen molar-refractivity contribution in [2.24, 2.45) is 5.92 Å². The molecular weight excluding hydrogens is 322 g/mol. The average molecular weight is 349 g/mol. The molecule has 1 atom stereocenters. The molecule has 0 aromatic heterocycles. The Morgan fingerprint density at radius 2 is 1.81 bits per heavy atom. The Morgan fingerprint density at radius 1 is 1.12 bits per heavy atom. The van der Waals surface area contributed by atoms with Crippen LogP contribution in [0.1, 0.15) is 54.1 Å². The molecule has 1 aliphatic carbocycles. The summed E-state index contributed by atoms with van der Waals surface area (Å²) in [5, 5.41) is 3.21. The third kappa shape index (κ3) is 3.11. The molecule has 26 heavy (non-hydrogen) atoms. The van der Waals surface area contributed by atoms with Crippen LogP contribution in [-0.2, 0) is 5.41 Å². The number of nitrogens with one attached hydrogen (secondary N) is 1. The van der Waals surface area contributed by atoms with Crippen LogP contribution in [0.25, 0.3) is 0 Å². The van der Waals surface area contributed by atoms with Gasteiger partial charge in [-0.25, -0.2) is 0 Å². The van der Waals surface area contributed by atoms with Crippen molar-refractivity contribution >= 4 is 5.91 Å². The van der Waals surface area contributed by atoms with E-state index in [4.69, 9.17) is 4.74 Å². The van der Waals surface area contributed by atoms with E-state index >= 15 is 0 Å². The number of rotatable bonds is 3. The van der Waals surface area contributed by atoms with Gasteiger partial charge >= 0.3 is 0 Å². The molecule has 2 aromatic rings. The molecule has 0 unspecified atom stereocenters. The summed E-state index contributed by atoms with van der Waals surface area (Å²) in [6.45, 7) is 4.99. The maximum atomic E-state index is 12.5. The number of hydrogen-bond donors (Lipinski definition) is 1. The minimum absolute atomic E-state index is 0.0346. The van der Waals surface area contributed by atoms with Crippen molar-refractivity contribution in [2.45, 2.75) is 51.0 Å². The SMILES string of the molecule is Cc1ccc(C(=O)N[C@H](C)C2CCC3(CC2)COc2ccccc23)cc1. The normalized spacial score (nSPS) is 25.4. The Bertz CT molecular complexity index is 788. The van der Waals surface area contributed by atoms with Crippen LogP contribution in [0.4, 0.5) is 0 Å². The fourth-order valence-corrected chi connectivity index (χ4v) is 4.54. The van der Waals surface area contributed by atoms with Gasteiger partial charge in [-0.1, -0.05) is 35.9 Å². The zero-order valence-corrected chi connectivity index (χ0v) is 15.6. The molecule has 1 heterocycles. The lowest BCUT2D eigenvalue weighted by Gasteiger charge is -2.38. The number of carbonyl (C=O) groups excluding carboxylic acids is 1. The lowest BCUT2D eigenvalue weighted by molar-refractivity contribution is 0.0905. The second kappa shape index (κ2) is 6.79. The molecule has 1 spiro atoms. The van der Waals surface area contributed by atoms with Gasteiger partial charge in [-0.05, 0) is 63.6 Å². The van der Waals surface area contributed by atoms with E-state index in [9.17, 15) is 4.79 Å². The zero-order chi connectivity index (χ0) is 18.1. The summed E-state index contributed by atoms with van der Waals surface area (Å²) in [5.41, 5.74) is 3.49. The first-order chi connectivity index (χ1) is 12.6. The number of aryl methyl sites for hydroxylation is 1. The van der Waals surface area contributed by atoms with Crippen LogP contribution in [0.3, 0.4) is 0 Å². The molecule has 4 rings (SSSR count). The molecule has 3 nitrogen and oxygen atoms in total. The Labute approximate surface area is 155 Å². The Kier molecular flexibility index (Phi) is 4.47. The molecule has 1 N–H and O–H groups in total. The van der Waals surface area contributed by atoms with Crippen LogP contribution >= 0.6 is 0 Å². The maximum absolute atomic E-state index is 12.5. The number of benzene rings is 2. The molecule has 3 heteroatoms. The third-order valence-corrected chi connectivity index (χ3v) is 6.33. The Balaban J connectivity index is 1.37. The van der Waals surface area contributed by atoms with Gasteiger partial charge in [0.05, 0.1) is 6.61 Å². The fourth-order valence-electron chi connectivity index (χ4n) is 4.54. The van der Waals surface area contributed by atoms with Gasteiger partial charge in [0.15, 0.2) is 0 Å². The summed E-state index contributed by atoms with van der Waals surface area (Å²) >= 11 is 0. The van der Waals surface area contributed by atoms with Crippen molar-refractivity contribution in [1.29, 1.82) is 0 Å². The highest BCUT2D eigenvalue weighted by Crippen LogP contribution is 2.49. The summed E-state index contributed by atoms with van der Waals surface area (Å²) in [5.74, 6) is 1.63. The summed E-state index contributed by atoms with van der Waals surface area (Å²) in [7, 11) is 0. The number of hydrogen-bond acceptors (Lipinski definition) is 2. The van der Waals surface area contributed by atoms with Crippen LogP contribution in [0.5, 0.6) is 5.75 Å². The largest absolute Gasteiger partial charge is 0.492 e. The fraction of sp³-hybridized carbons (Fsp3) is 0.435. The first kappa shape index (κ1) is 17.1. The van der Waals surface area contributed by atoms with E-state index in [-0.39, 0.29) is 17.4 Å². The first-order valence-electron chi connectivity index (χ1n) is 9.67. The van der Waals surface area contributed by atoms with Gasteiger partial charge in [0.25, 0.3) is 5.91 Å². The van der Waals surface area contributed by atoms with Gasteiger partial charge in [0.2, 0.25) is 0 Å². The van der Waals surface area contributed by atoms with E-state index in [2.05, 4.69) is 30.4 Å². The van der Waals surface area contributed by atoms with Crippen LogP contribution in [0, 0.1) is 12.8 Å². The minimum Gasteiger partial charge on any atom is -0.492 e. The number of amides is 1. The van der Waals surface area contributed by atoms with E-state index in [1.807, 2.05) is 37.3 Å². The number of ether oxygens (including phenoxy) is 1. The highest BCUT2D eigenvalue weighted by molar-refractivity contribution is 5.94. The summed E-state index contributed by atoms with van der Waals surface area (Å²) < 4.78 is 5.95. The second-order valence-electron chi connectivity index (χ2n) is 8.03. The van der Waals surface area contributed by atoms with Crippen molar-refractivity contribution in [3.63, 3.8) is 0 Å². The molecule has 0 radical (unpaired) electrons. The molecule has 1 saturated carbocycles. The van der Waals surface area contributed by atoms with Crippen molar-refractivity contribution in [3.8, 4) is 5.75 Å². The van der Waals surface area contributed by atoms with Crippen LogP contribution in [-0.4, -0.2) is 18.6 Å². The first-order valence-corrected chi connectivity index (χ1v) is 9.67. The van der Waals surface area contributed by atoms with E-state index in [1.54, 1.807) is 0 Å². The van der Waals surface area contributed by atoms with Crippen molar-refractivity contribution < 1.29 is 9.53 Å². The second-order valence-corrected chi connectivity index (χ2v) is 8.03. The summed E-state index contributed by atoms with van der Waals surface area (Å²) in [4.78, 5) is 12.5. The molecular formula is C23H27NO2. The lowest BCUT2D eigenvalue weighted by atomic mass is 9.66. The van der Waals surface area contributed by atoms with Gasteiger partial charge in [0, 0.05) is 22.6 Å². The van der Waals surface area contributed by atoms with Gasteiger partial charge in [0.1, 0.15) is 5.75 Å². The molecule has 2 aliphatic rings. The smallest absolute Gasteiger partial charge is 0.251 e. The average Bonchev–Trinajstić information content (AvgIpc) is 3.01. The summed E-state index contributed by atoms with van der Waals surface area (Å²) in [6, 6.07) is 16.5. The van der Waals surface area contributed by atoms with Crippen molar-refractivity contribution in [2.75, 3.05) is 6.61 Å². The predicted octanol–water partition coefficient (Wildman–Crippen LogP) is 4.63. The molecule has 1 aliphatic heterocycles. The van der Waals surface area contributed by atoms with E-state index < -0.39 is 0 Å². The highest BCUT2D eigenvalue weighted by Gasteiger charge is 2.44. The topological polar surface area (TPSA) is 38.3 Å². The molecule has 1 amide bonds.